The molecule has 25 heavy (non-hydrogen) atoms. The maximum absolute atomic E-state index is 13.1. The number of hydrogen-bond acceptors (Lipinski definition) is 3. The van der Waals surface area contributed by atoms with E-state index in [1.54, 1.807) is 6.07 Å². The zero-order valence-electron chi connectivity index (χ0n) is 13.4. The maximum atomic E-state index is 13.1. The minimum absolute atomic E-state index is 0.00738. The standard InChI is InChI=1S/C19H17F3N2O/c20-19(21,22)17-10-15(7-6-14(17)12-23)24-16-8-9-25-18(11-16)13-4-2-1-3-5-13/h1-7,10,16,18,24H,8-9,11H2. The molecule has 2 aromatic rings. The molecule has 2 aromatic carbocycles. The van der Waals surface area contributed by atoms with Crippen LogP contribution in [0, 0.1) is 11.3 Å². The topological polar surface area (TPSA) is 45.0 Å². The largest absolute Gasteiger partial charge is 0.417 e. The third kappa shape index (κ3) is 4.12. The highest BCUT2D eigenvalue weighted by atomic mass is 19.4. The molecule has 6 heteroatoms. The molecule has 1 aliphatic heterocycles. The van der Waals surface area contributed by atoms with Crippen molar-refractivity contribution in [2.24, 2.45) is 0 Å². The van der Waals surface area contributed by atoms with E-state index in [1.807, 2.05) is 30.3 Å². The molecule has 3 rings (SSSR count). The van der Waals surface area contributed by atoms with E-state index in [0.29, 0.717) is 25.1 Å². The number of rotatable bonds is 3. The second kappa shape index (κ2) is 7.16. The van der Waals surface area contributed by atoms with Crippen LogP contribution in [-0.2, 0) is 10.9 Å². The highest BCUT2D eigenvalue weighted by Gasteiger charge is 2.34. The zero-order chi connectivity index (χ0) is 17.9. The number of nitrogens with zero attached hydrogens (tertiary/aromatic N) is 1. The van der Waals surface area contributed by atoms with Crippen molar-refractivity contribution in [3.63, 3.8) is 0 Å². The van der Waals surface area contributed by atoms with Gasteiger partial charge in [0.05, 0.1) is 23.3 Å². The van der Waals surface area contributed by atoms with Crippen molar-refractivity contribution >= 4 is 5.69 Å². The molecule has 0 spiro atoms. The van der Waals surface area contributed by atoms with Crippen molar-refractivity contribution in [3.05, 3.63) is 65.2 Å². The van der Waals surface area contributed by atoms with Gasteiger partial charge in [-0.3, -0.25) is 0 Å². The van der Waals surface area contributed by atoms with Gasteiger partial charge >= 0.3 is 6.18 Å². The quantitative estimate of drug-likeness (QED) is 0.859. The first-order chi connectivity index (χ1) is 12.0. The summed E-state index contributed by atoms with van der Waals surface area (Å²) in [4.78, 5) is 0. The molecule has 3 nitrogen and oxygen atoms in total. The Morgan fingerprint density at radius 1 is 1.12 bits per heavy atom. The van der Waals surface area contributed by atoms with Crippen molar-refractivity contribution in [2.75, 3.05) is 11.9 Å². The minimum Gasteiger partial charge on any atom is -0.382 e. The van der Waals surface area contributed by atoms with E-state index in [2.05, 4.69) is 5.32 Å². The van der Waals surface area contributed by atoms with Crippen molar-refractivity contribution in [1.82, 2.24) is 0 Å². The van der Waals surface area contributed by atoms with Crippen LogP contribution >= 0.6 is 0 Å². The number of nitriles is 1. The van der Waals surface area contributed by atoms with Crippen LogP contribution in [0.2, 0.25) is 0 Å². The Hall–Kier alpha value is -2.52. The SMILES string of the molecule is N#Cc1ccc(NC2CCOC(c3ccccc3)C2)cc1C(F)(F)F. The first kappa shape index (κ1) is 17.3. The number of anilines is 1. The summed E-state index contributed by atoms with van der Waals surface area (Å²) in [5, 5.41) is 12.0. The molecule has 1 saturated heterocycles. The smallest absolute Gasteiger partial charge is 0.382 e. The van der Waals surface area contributed by atoms with Crippen LogP contribution < -0.4 is 5.32 Å². The lowest BCUT2D eigenvalue weighted by Crippen LogP contribution is -2.30. The van der Waals surface area contributed by atoms with Crippen molar-refractivity contribution in [2.45, 2.75) is 31.2 Å². The Bertz CT molecular complexity index is 768. The van der Waals surface area contributed by atoms with Gasteiger partial charge in [0.25, 0.3) is 0 Å². The second-order valence-electron chi connectivity index (χ2n) is 6.01. The van der Waals surface area contributed by atoms with E-state index in [4.69, 9.17) is 10.00 Å². The third-order valence-corrected chi connectivity index (χ3v) is 4.27. The average Bonchev–Trinajstić information content (AvgIpc) is 2.62. The summed E-state index contributed by atoms with van der Waals surface area (Å²) in [6, 6.07) is 15.1. The molecule has 0 aromatic heterocycles. The number of halogens is 3. The van der Waals surface area contributed by atoms with Gasteiger partial charge in [0, 0.05) is 18.3 Å². The summed E-state index contributed by atoms with van der Waals surface area (Å²) in [5.74, 6) is 0. The van der Waals surface area contributed by atoms with Crippen LogP contribution in [0.25, 0.3) is 0 Å². The van der Waals surface area contributed by atoms with Gasteiger partial charge < -0.3 is 10.1 Å². The molecule has 0 aliphatic carbocycles. The highest BCUT2D eigenvalue weighted by molar-refractivity contribution is 5.53. The number of alkyl halides is 3. The summed E-state index contributed by atoms with van der Waals surface area (Å²) < 4.78 is 45.0. The second-order valence-corrected chi connectivity index (χ2v) is 6.01. The van der Waals surface area contributed by atoms with Crippen LogP contribution in [0.15, 0.2) is 48.5 Å². The highest BCUT2D eigenvalue weighted by Crippen LogP contribution is 2.35. The first-order valence-corrected chi connectivity index (χ1v) is 8.02. The van der Waals surface area contributed by atoms with Crippen molar-refractivity contribution in [1.29, 1.82) is 5.26 Å². The monoisotopic (exact) mass is 346 g/mol. The molecule has 0 radical (unpaired) electrons. The number of benzene rings is 2. The molecule has 1 fully saturated rings. The van der Waals surface area contributed by atoms with Gasteiger partial charge in [-0.2, -0.15) is 18.4 Å². The fraction of sp³-hybridized carbons (Fsp3) is 0.316. The van der Waals surface area contributed by atoms with E-state index in [0.717, 1.165) is 11.6 Å². The molecule has 0 saturated carbocycles. The van der Waals surface area contributed by atoms with Crippen LogP contribution in [0.4, 0.5) is 18.9 Å². The van der Waals surface area contributed by atoms with Gasteiger partial charge in [-0.25, -0.2) is 0 Å². The Balaban J connectivity index is 1.75. The molecule has 2 atom stereocenters. The molecule has 0 amide bonds. The minimum atomic E-state index is -4.55. The predicted molar refractivity (Wildman–Crippen MR) is 87.9 cm³/mol. The first-order valence-electron chi connectivity index (χ1n) is 8.02. The average molecular weight is 346 g/mol. The molecular weight excluding hydrogens is 329 g/mol. The number of nitrogens with one attached hydrogen (secondary N) is 1. The molecule has 1 heterocycles. The summed E-state index contributed by atoms with van der Waals surface area (Å²) in [6.07, 6.45) is -3.24. The lowest BCUT2D eigenvalue weighted by Gasteiger charge is -2.31. The fourth-order valence-electron chi connectivity index (χ4n) is 3.03. The van der Waals surface area contributed by atoms with E-state index >= 15 is 0 Å². The van der Waals surface area contributed by atoms with Crippen molar-refractivity contribution < 1.29 is 17.9 Å². The van der Waals surface area contributed by atoms with Gasteiger partial charge in [-0.05, 0) is 36.6 Å². The normalized spacial score (nSPS) is 20.7. The van der Waals surface area contributed by atoms with Gasteiger partial charge in [0.1, 0.15) is 0 Å². The van der Waals surface area contributed by atoms with Gasteiger partial charge in [0.2, 0.25) is 0 Å². The Morgan fingerprint density at radius 2 is 1.88 bits per heavy atom. The van der Waals surface area contributed by atoms with Crippen molar-refractivity contribution in [3.8, 4) is 6.07 Å². The third-order valence-electron chi connectivity index (χ3n) is 4.27. The summed E-state index contributed by atoms with van der Waals surface area (Å²) >= 11 is 0. The Morgan fingerprint density at radius 3 is 2.56 bits per heavy atom. The van der Waals surface area contributed by atoms with E-state index < -0.39 is 11.7 Å². The summed E-state index contributed by atoms with van der Waals surface area (Å²) in [7, 11) is 0. The summed E-state index contributed by atoms with van der Waals surface area (Å²) in [6.45, 7) is 0.541. The number of hydrogen-bond donors (Lipinski definition) is 1. The van der Waals surface area contributed by atoms with E-state index in [1.165, 1.54) is 12.1 Å². The molecular formula is C19H17F3N2O. The van der Waals surface area contributed by atoms with Gasteiger partial charge in [0.15, 0.2) is 0 Å². The van der Waals surface area contributed by atoms with Crippen LogP contribution in [-0.4, -0.2) is 12.6 Å². The molecule has 0 bridgehead atoms. The molecule has 1 aliphatic rings. The number of ether oxygens (including phenoxy) is 1. The fourth-order valence-corrected chi connectivity index (χ4v) is 3.03. The van der Waals surface area contributed by atoms with Crippen LogP contribution in [0.3, 0.4) is 0 Å². The molecule has 130 valence electrons. The van der Waals surface area contributed by atoms with Crippen LogP contribution in [0.5, 0.6) is 0 Å². The van der Waals surface area contributed by atoms with E-state index in [9.17, 15) is 13.2 Å². The Labute approximate surface area is 144 Å². The summed E-state index contributed by atoms with van der Waals surface area (Å²) in [5.41, 5.74) is 0.147. The maximum Gasteiger partial charge on any atom is 0.417 e. The van der Waals surface area contributed by atoms with E-state index in [-0.39, 0.29) is 17.7 Å². The molecule has 1 N–H and O–H groups in total. The Kier molecular flexibility index (Phi) is 4.95. The predicted octanol–water partition coefficient (Wildman–Crippen LogP) is 4.91. The molecule has 2 unspecified atom stereocenters. The van der Waals surface area contributed by atoms with Crippen LogP contribution in [0.1, 0.15) is 35.6 Å². The van der Waals surface area contributed by atoms with Gasteiger partial charge in [-0.1, -0.05) is 30.3 Å². The van der Waals surface area contributed by atoms with Gasteiger partial charge in [-0.15, -0.1) is 0 Å². The zero-order valence-corrected chi connectivity index (χ0v) is 13.4. The lowest BCUT2D eigenvalue weighted by molar-refractivity contribution is -0.137. The lowest BCUT2D eigenvalue weighted by atomic mass is 9.97.